The second-order valence-electron chi connectivity index (χ2n) is 7.17. The summed E-state index contributed by atoms with van der Waals surface area (Å²) in [4.78, 5) is 29.1. The van der Waals surface area contributed by atoms with Crippen LogP contribution in [-0.4, -0.2) is 42.4 Å². The molecule has 0 saturated heterocycles. The zero-order valence-electron chi connectivity index (χ0n) is 18.1. The van der Waals surface area contributed by atoms with Gasteiger partial charge in [0, 0.05) is 36.4 Å². The molecule has 0 aliphatic rings. The van der Waals surface area contributed by atoms with Crippen molar-refractivity contribution in [3.05, 3.63) is 95.2 Å². The van der Waals surface area contributed by atoms with Gasteiger partial charge >= 0.3 is 0 Å². The Balaban J connectivity index is 1.35. The Labute approximate surface area is 196 Å². The topological polar surface area (TPSA) is 126 Å². The van der Waals surface area contributed by atoms with Gasteiger partial charge in [0.1, 0.15) is 12.1 Å². The number of carbonyl (C=O) groups is 1. The number of amides is 1. The molecule has 1 amide bonds. The van der Waals surface area contributed by atoms with Gasteiger partial charge in [-0.15, -0.1) is 10.2 Å². The van der Waals surface area contributed by atoms with E-state index in [2.05, 4.69) is 25.6 Å². The van der Waals surface area contributed by atoms with Crippen LogP contribution in [0.4, 0.5) is 10.1 Å². The van der Waals surface area contributed by atoms with Crippen molar-refractivity contribution in [1.29, 1.82) is 0 Å². The van der Waals surface area contributed by atoms with Gasteiger partial charge < -0.3 is 14.8 Å². The average Bonchev–Trinajstić information content (AvgIpc) is 3.36. The summed E-state index contributed by atoms with van der Waals surface area (Å²) in [6.07, 6.45) is 5.98. The molecule has 0 atom stereocenters. The minimum absolute atomic E-state index is 0.0632. The van der Waals surface area contributed by atoms with E-state index in [0.717, 1.165) is 6.07 Å². The summed E-state index contributed by atoms with van der Waals surface area (Å²) in [5.41, 5.74) is 0.0951. The number of fused-ring (bicyclic) bond motifs is 1. The largest absolute Gasteiger partial charge is 0.497 e. The van der Waals surface area contributed by atoms with Gasteiger partial charge in [0.2, 0.25) is 11.1 Å². The molecule has 12 heteroatoms. The Morgan fingerprint density at radius 1 is 1.09 bits per heavy atom. The number of rotatable bonds is 6. The number of methoxy groups -OCH3 is 1. The second kappa shape index (κ2) is 9.02. The highest BCUT2D eigenvalue weighted by molar-refractivity contribution is 6.02. The van der Waals surface area contributed by atoms with Crippen molar-refractivity contribution >= 4 is 17.2 Å². The van der Waals surface area contributed by atoms with Crippen LogP contribution in [0.5, 0.6) is 17.4 Å². The molecule has 3 heterocycles. The zero-order chi connectivity index (χ0) is 24.4. The monoisotopic (exact) mass is 473 g/mol. The molecule has 5 rings (SSSR count). The summed E-state index contributed by atoms with van der Waals surface area (Å²) < 4.78 is 28.3. The van der Waals surface area contributed by atoms with Crippen LogP contribution in [-0.2, 0) is 0 Å². The van der Waals surface area contributed by atoms with Crippen molar-refractivity contribution in [3.63, 3.8) is 0 Å². The first kappa shape index (κ1) is 21.7. The lowest BCUT2D eigenvalue weighted by molar-refractivity contribution is 0.101. The first-order valence-electron chi connectivity index (χ1n) is 10.2. The van der Waals surface area contributed by atoms with Crippen LogP contribution in [0.2, 0.25) is 0 Å². The maximum absolute atomic E-state index is 14.7. The van der Waals surface area contributed by atoms with Gasteiger partial charge in [-0.25, -0.2) is 14.1 Å². The smallest absolute Gasteiger partial charge is 0.280 e. The Morgan fingerprint density at radius 2 is 1.91 bits per heavy atom. The number of hydrogen-bond acceptors (Lipinski definition) is 8. The number of nitrogens with one attached hydrogen (secondary N) is 1. The third kappa shape index (κ3) is 4.39. The Morgan fingerprint density at radius 3 is 2.69 bits per heavy atom. The van der Waals surface area contributed by atoms with E-state index in [0.29, 0.717) is 17.1 Å². The molecule has 0 aliphatic carbocycles. The summed E-state index contributed by atoms with van der Waals surface area (Å²) in [7, 11) is 1.55. The molecule has 5 aromatic rings. The number of ether oxygens (including phenoxy) is 2. The third-order valence-corrected chi connectivity index (χ3v) is 4.94. The molecule has 0 radical (unpaired) electrons. The molecule has 0 spiro atoms. The average molecular weight is 473 g/mol. The van der Waals surface area contributed by atoms with Crippen molar-refractivity contribution < 1.29 is 18.7 Å². The highest BCUT2D eigenvalue weighted by Crippen LogP contribution is 2.27. The van der Waals surface area contributed by atoms with E-state index in [-0.39, 0.29) is 23.0 Å². The minimum atomic E-state index is -0.791. The van der Waals surface area contributed by atoms with Gasteiger partial charge in [-0.2, -0.15) is 5.10 Å². The SMILES string of the molecule is COc1ccc(-n2ccc(=O)c(C(=O)Nc3ccc(Oc4nccn5cnnc45)c(F)c3)n2)cc1. The van der Waals surface area contributed by atoms with Gasteiger partial charge in [0.15, 0.2) is 17.3 Å². The van der Waals surface area contributed by atoms with E-state index >= 15 is 0 Å². The molecule has 2 aromatic carbocycles. The van der Waals surface area contributed by atoms with Gasteiger partial charge in [0.05, 0.1) is 12.8 Å². The summed E-state index contributed by atoms with van der Waals surface area (Å²) in [5, 5.41) is 14.2. The molecule has 0 fully saturated rings. The third-order valence-electron chi connectivity index (χ3n) is 4.94. The molecule has 35 heavy (non-hydrogen) atoms. The molecule has 0 unspecified atom stereocenters. The van der Waals surface area contributed by atoms with Crippen LogP contribution in [0, 0.1) is 5.82 Å². The molecule has 1 N–H and O–H groups in total. The summed E-state index contributed by atoms with van der Waals surface area (Å²) >= 11 is 0. The molecule has 3 aromatic heterocycles. The normalized spacial score (nSPS) is 10.8. The number of hydrogen-bond donors (Lipinski definition) is 1. The van der Waals surface area contributed by atoms with Crippen molar-refractivity contribution in [2.24, 2.45) is 0 Å². The predicted octanol–water partition coefficient (Wildman–Crippen LogP) is 2.86. The number of nitrogens with zero attached hydrogens (tertiary/aromatic N) is 6. The summed E-state index contributed by atoms with van der Waals surface area (Å²) in [6.45, 7) is 0. The molecule has 11 nitrogen and oxygen atoms in total. The summed E-state index contributed by atoms with van der Waals surface area (Å²) in [6, 6.07) is 11.9. The standard InChI is InChI=1S/C23H16FN7O4/c1-34-16-5-3-15(4-6-16)31-10-8-18(32)20(29-31)22(33)27-14-2-7-19(17(24)12-14)35-23-21-28-26-13-30(21)11-9-25-23/h2-13H,1H3,(H,27,33). The highest BCUT2D eigenvalue weighted by Gasteiger charge is 2.16. The maximum atomic E-state index is 14.7. The second-order valence-corrected chi connectivity index (χ2v) is 7.17. The van der Waals surface area contributed by atoms with Gasteiger partial charge in [-0.3, -0.25) is 14.0 Å². The molecular formula is C23H16FN7O4. The number of carbonyl (C=O) groups excluding carboxylic acids is 1. The number of aromatic nitrogens is 6. The van der Waals surface area contributed by atoms with Crippen LogP contribution >= 0.6 is 0 Å². The van der Waals surface area contributed by atoms with E-state index in [9.17, 15) is 14.0 Å². The number of anilines is 1. The van der Waals surface area contributed by atoms with Crippen LogP contribution < -0.4 is 20.2 Å². The van der Waals surface area contributed by atoms with E-state index < -0.39 is 17.2 Å². The van der Waals surface area contributed by atoms with Gasteiger partial charge in [0.25, 0.3) is 11.8 Å². The predicted molar refractivity (Wildman–Crippen MR) is 122 cm³/mol. The minimum Gasteiger partial charge on any atom is -0.497 e. The lowest BCUT2D eigenvalue weighted by atomic mass is 10.2. The molecular weight excluding hydrogens is 457 g/mol. The van der Waals surface area contributed by atoms with Gasteiger partial charge in [-0.1, -0.05) is 0 Å². The van der Waals surface area contributed by atoms with E-state index in [1.54, 1.807) is 42.0 Å². The first-order chi connectivity index (χ1) is 17.0. The van der Waals surface area contributed by atoms with Crippen LogP contribution in [0.25, 0.3) is 11.3 Å². The van der Waals surface area contributed by atoms with E-state index in [4.69, 9.17) is 9.47 Å². The number of halogens is 1. The lowest BCUT2D eigenvalue weighted by Gasteiger charge is -2.10. The fourth-order valence-electron chi connectivity index (χ4n) is 3.21. The van der Waals surface area contributed by atoms with E-state index in [1.165, 1.54) is 41.6 Å². The fraction of sp³-hybridized carbons (Fsp3) is 0.0435. The van der Waals surface area contributed by atoms with Crippen molar-refractivity contribution in [2.45, 2.75) is 0 Å². The van der Waals surface area contributed by atoms with Crippen LogP contribution in [0.1, 0.15) is 10.5 Å². The maximum Gasteiger partial charge on any atom is 0.280 e. The van der Waals surface area contributed by atoms with Crippen molar-refractivity contribution in [3.8, 4) is 23.1 Å². The molecule has 0 bridgehead atoms. The Hall–Kier alpha value is -5.13. The fourth-order valence-corrected chi connectivity index (χ4v) is 3.21. The molecule has 0 saturated carbocycles. The van der Waals surface area contributed by atoms with Crippen LogP contribution in [0.15, 0.2) is 78.2 Å². The van der Waals surface area contributed by atoms with E-state index in [1.807, 2.05) is 0 Å². The lowest BCUT2D eigenvalue weighted by Crippen LogP contribution is -2.25. The highest BCUT2D eigenvalue weighted by atomic mass is 19.1. The van der Waals surface area contributed by atoms with Crippen molar-refractivity contribution in [1.82, 2.24) is 29.4 Å². The molecule has 0 aliphatic heterocycles. The first-order valence-corrected chi connectivity index (χ1v) is 10.2. The summed E-state index contributed by atoms with van der Waals surface area (Å²) in [5.74, 6) is -0.973. The molecule has 174 valence electrons. The Bertz CT molecular complexity index is 1600. The number of benzene rings is 2. The zero-order valence-corrected chi connectivity index (χ0v) is 18.1. The van der Waals surface area contributed by atoms with Crippen molar-refractivity contribution in [2.75, 3.05) is 12.4 Å². The Kier molecular flexibility index (Phi) is 5.59. The quantitative estimate of drug-likeness (QED) is 0.399. The van der Waals surface area contributed by atoms with Crippen LogP contribution in [0.3, 0.4) is 0 Å². The van der Waals surface area contributed by atoms with Gasteiger partial charge in [-0.05, 0) is 36.4 Å².